The molecule has 0 fully saturated rings. The summed E-state index contributed by atoms with van der Waals surface area (Å²) in [6.07, 6.45) is 0. The van der Waals surface area contributed by atoms with Gasteiger partial charge in [0.05, 0.1) is 12.0 Å². The van der Waals surface area contributed by atoms with Gasteiger partial charge in [-0.3, -0.25) is 4.79 Å². The molecule has 0 radical (unpaired) electrons. The van der Waals surface area contributed by atoms with Gasteiger partial charge in [-0.2, -0.15) is 0 Å². The minimum Gasteiger partial charge on any atom is -0.481 e. The van der Waals surface area contributed by atoms with E-state index < -0.39 is 11.4 Å². The number of carbonyl (C=O) groups is 1. The second-order valence-electron chi connectivity index (χ2n) is 3.19. The van der Waals surface area contributed by atoms with Gasteiger partial charge < -0.3 is 9.94 Å². The Balaban J connectivity index is 4.38. The van der Waals surface area contributed by atoms with E-state index in [0.717, 1.165) is 0 Å². The van der Waals surface area contributed by atoms with Gasteiger partial charge >= 0.3 is 5.97 Å². The molecule has 0 aromatic rings. The van der Waals surface area contributed by atoms with Gasteiger partial charge in [-0.25, -0.2) is 5.90 Å². The molecule has 0 aromatic heterocycles. The predicted octanol–water partition coefficient (Wildman–Crippen LogP) is 0.624. The first-order valence-corrected chi connectivity index (χ1v) is 3.50. The number of carboxylic acid groups (broad SMARTS) is 1. The quantitative estimate of drug-likeness (QED) is 0.593. The van der Waals surface area contributed by atoms with Gasteiger partial charge in [-0.15, -0.1) is 0 Å². The molecule has 0 saturated heterocycles. The highest BCUT2D eigenvalue weighted by Gasteiger charge is 2.36. The SMILES string of the molecule is CC(C)C(C)(CON)C(=O)O. The van der Waals surface area contributed by atoms with Crippen LogP contribution in [0.25, 0.3) is 0 Å². The molecule has 11 heavy (non-hydrogen) atoms. The van der Waals surface area contributed by atoms with Crippen LogP contribution in [0.2, 0.25) is 0 Å². The predicted molar refractivity (Wildman–Crippen MR) is 40.7 cm³/mol. The van der Waals surface area contributed by atoms with E-state index in [0.29, 0.717) is 0 Å². The lowest BCUT2D eigenvalue weighted by Gasteiger charge is -2.27. The molecule has 0 spiro atoms. The lowest BCUT2D eigenvalue weighted by molar-refractivity contribution is -0.155. The number of hydrogen-bond acceptors (Lipinski definition) is 3. The lowest BCUT2D eigenvalue weighted by atomic mass is 9.80. The first kappa shape index (κ1) is 10.4. The zero-order chi connectivity index (χ0) is 9.07. The third-order valence-corrected chi connectivity index (χ3v) is 2.15. The van der Waals surface area contributed by atoms with Crippen molar-refractivity contribution in [2.45, 2.75) is 20.8 Å². The molecule has 1 atom stereocenters. The molecule has 3 N–H and O–H groups in total. The van der Waals surface area contributed by atoms with Crippen LogP contribution >= 0.6 is 0 Å². The Morgan fingerprint density at radius 3 is 2.27 bits per heavy atom. The van der Waals surface area contributed by atoms with Crippen molar-refractivity contribution < 1.29 is 14.7 Å². The molecule has 0 aliphatic rings. The molecular formula is C7H15NO3. The molecule has 0 bridgehead atoms. The second-order valence-corrected chi connectivity index (χ2v) is 3.19. The summed E-state index contributed by atoms with van der Waals surface area (Å²) in [7, 11) is 0. The molecule has 4 nitrogen and oxygen atoms in total. The van der Waals surface area contributed by atoms with Crippen LogP contribution in [-0.2, 0) is 9.63 Å². The molecule has 0 amide bonds. The topological polar surface area (TPSA) is 72.5 Å². The average molecular weight is 161 g/mol. The fourth-order valence-electron chi connectivity index (χ4n) is 0.648. The number of nitrogens with two attached hydrogens (primary N) is 1. The Labute approximate surface area is 66.3 Å². The van der Waals surface area contributed by atoms with E-state index in [4.69, 9.17) is 11.0 Å². The maximum atomic E-state index is 10.7. The van der Waals surface area contributed by atoms with Gasteiger partial charge in [0.15, 0.2) is 0 Å². The number of aliphatic carboxylic acids is 1. The molecule has 0 aliphatic heterocycles. The fourth-order valence-corrected chi connectivity index (χ4v) is 0.648. The van der Waals surface area contributed by atoms with Crippen molar-refractivity contribution in [2.24, 2.45) is 17.2 Å². The van der Waals surface area contributed by atoms with Gasteiger partial charge in [-0.1, -0.05) is 13.8 Å². The Kier molecular flexibility index (Phi) is 3.48. The minimum atomic E-state index is -0.880. The molecule has 4 heteroatoms. The smallest absolute Gasteiger partial charge is 0.312 e. The largest absolute Gasteiger partial charge is 0.481 e. The fraction of sp³-hybridized carbons (Fsp3) is 0.857. The van der Waals surface area contributed by atoms with Crippen molar-refractivity contribution in [3.63, 3.8) is 0 Å². The summed E-state index contributed by atoms with van der Waals surface area (Å²) in [6, 6.07) is 0. The van der Waals surface area contributed by atoms with E-state index in [1.165, 1.54) is 0 Å². The van der Waals surface area contributed by atoms with Crippen LogP contribution in [0.1, 0.15) is 20.8 Å². The van der Waals surface area contributed by atoms with Crippen molar-refractivity contribution in [3.05, 3.63) is 0 Å². The van der Waals surface area contributed by atoms with E-state index >= 15 is 0 Å². The third-order valence-electron chi connectivity index (χ3n) is 2.15. The summed E-state index contributed by atoms with van der Waals surface area (Å²) < 4.78 is 0. The monoisotopic (exact) mass is 161 g/mol. The van der Waals surface area contributed by atoms with Crippen LogP contribution in [0.5, 0.6) is 0 Å². The van der Waals surface area contributed by atoms with Gasteiger partial charge in [0.2, 0.25) is 0 Å². The van der Waals surface area contributed by atoms with Crippen molar-refractivity contribution in [1.29, 1.82) is 0 Å². The Morgan fingerprint density at radius 2 is 2.18 bits per heavy atom. The number of hydrogen-bond donors (Lipinski definition) is 2. The standard InChI is InChI=1S/C7H15NO3/c1-5(2)7(3,4-11-8)6(9)10/h5H,4,8H2,1-3H3,(H,9,10). The summed E-state index contributed by atoms with van der Waals surface area (Å²) in [5, 5.41) is 8.80. The Hall–Kier alpha value is -0.610. The first-order valence-electron chi connectivity index (χ1n) is 3.50. The Bertz CT molecular complexity index is 147. The van der Waals surface area contributed by atoms with E-state index in [1.807, 2.05) is 13.8 Å². The van der Waals surface area contributed by atoms with E-state index in [9.17, 15) is 4.79 Å². The van der Waals surface area contributed by atoms with Crippen LogP contribution in [0.15, 0.2) is 0 Å². The van der Waals surface area contributed by atoms with Gasteiger partial charge in [0.25, 0.3) is 0 Å². The van der Waals surface area contributed by atoms with Crippen LogP contribution in [0.4, 0.5) is 0 Å². The molecular weight excluding hydrogens is 146 g/mol. The highest BCUT2D eigenvalue weighted by atomic mass is 16.6. The highest BCUT2D eigenvalue weighted by Crippen LogP contribution is 2.26. The summed E-state index contributed by atoms with van der Waals surface area (Å²) in [6.45, 7) is 5.31. The average Bonchev–Trinajstić information content (AvgIpc) is 1.87. The number of rotatable bonds is 4. The molecule has 66 valence electrons. The van der Waals surface area contributed by atoms with Crippen molar-refractivity contribution in [1.82, 2.24) is 0 Å². The maximum absolute atomic E-state index is 10.7. The summed E-state index contributed by atoms with van der Waals surface area (Å²) >= 11 is 0. The van der Waals surface area contributed by atoms with Crippen LogP contribution in [0, 0.1) is 11.3 Å². The zero-order valence-electron chi connectivity index (χ0n) is 7.13. The molecule has 0 aromatic carbocycles. The van der Waals surface area contributed by atoms with Gasteiger partial charge in [0.1, 0.15) is 0 Å². The van der Waals surface area contributed by atoms with Gasteiger partial charge in [0, 0.05) is 0 Å². The van der Waals surface area contributed by atoms with Crippen molar-refractivity contribution in [3.8, 4) is 0 Å². The van der Waals surface area contributed by atoms with Crippen LogP contribution < -0.4 is 5.90 Å². The molecule has 0 heterocycles. The molecule has 0 rings (SSSR count). The minimum absolute atomic E-state index is 0.00329. The summed E-state index contributed by atoms with van der Waals surface area (Å²) in [4.78, 5) is 15.1. The molecule has 1 unspecified atom stereocenters. The first-order chi connectivity index (χ1) is 4.95. The van der Waals surface area contributed by atoms with Crippen molar-refractivity contribution >= 4 is 5.97 Å². The number of carboxylic acids is 1. The molecule has 0 aliphatic carbocycles. The van der Waals surface area contributed by atoms with Crippen LogP contribution in [-0.4, -0.2) is 17.7 Å². The second kappa shape index (κ2) is 3.69. The lowest BCUT2D eigenvalue weighted by Crippen LogP contribution is -2.38. The normalized spacial score (nSPS) is 16.5. The van der Waals surface area contributed by atoms with Crippen molar-refractivity contribution in [2.75, 3.05) is 6.61 Å². The van der Waals surface area contributed by atoms with Crippen LogP contribution in [0.3, 0.4) is 0 Å². The maximum Gasteiger partial charge on any atom is 0.312 e. The van der Waals surface area contributed by atoms with Gasteiger partial charge in [-0.05, 0) is 12.8 Å². The summed E-state index contributed by atoms with van der Waals surface area (Å²) in [5.74, 6) is 3.95. The third kappa shape index (κ3) is 2.17. The molecule has 0 saturated carbocycles. The summed E-state index contributed by atoms with van der Waals surface area (Å²) in [5.41, 5.74) is -0.880. The highest BCUT2D eigenvalue weighted by molar-refractivity contribution is 5.74. The van der Waals surface area contributed by atoms with E-state index in [2.05, 4.69) is 4.84 Å². The Morgan fingerprint density at radius 1 is 1.73 bits per heavy atom. The van der Waals surface area contributed by atoms with E-state index in [1.54, 1.807) is 6.92 Å². The van der Waals surface area contributed by atoms with E-state index in [-0.39, 0.29) is 12.5 Å². The zero-order valence-corrected chi connectivity index (χ0v) is 7.13.